The van der Waals surface area contributed by atoms with E-state index in [4.69, 9.17) is 0 Å². The average Bonchev–Trinajstić information content (AvgIpc) is 2.98. The smallest absolute Gasteiger partial charge is 0.354 e. The van der Waals surface area contributed by atoms with Crippen LogP contribution in [0, 0.1) is 12.3 Å². The Bertz CT molecular complexity index is 630. The van der Waals surface area contributed by atoms with Crippen molar-refractivity contribution in [3.05, 3.63) is 29.8 Å². The van der Waals surface area contributed by atoms with E-state index >= 15 is 0 Å². The maximum absolute atomic E-state index is 13.0. The maximum Gasteiger partial charge on any atom is 0.404 e. The van der Waals surface area contributed by atoms with Crippen LogP contribution in [0.5, 0.6) is 0 Å². The second kappa shape index (κ2) is 8.30. The number of halogens is 6. The molecule has 10 heteroatoms. The van der Waals surface area contributed by atoms with Crippen LogP contribution in [0.2, 0.25) is 0 Å². The quantitative estimate of drug-likeness (QED) is 0.434. The number of hydrogen-bond donors (Lipinski definition) is 1. The Hall–Kier alpha value is -1.42. The van der Waals surface area contributed by atoms with Crippen molar-refractivity contribution in [2.45, 2.75) is 30.6 Å². The van der Waals surface area contributed by atoms with E-state index in [1.165, 1.54) is 11.8 Å². The second-order valence-electron chi connectivity index (χ2n) is 6.55. The van der Waals surface area contributed by atoms with Crippen LogP contribution in [-0.4, -0.2) is 55.1 Å². The molecule has 0 saturated carbocycles. The largest absolute Gasteiger partial charge is 0.404 e. The predicted molar refractivity (Wildman–Crippen MR) is 90.5 cm³/mol. The van der Waals surface area contributed by atoms with Gasteiger partial charge in [0.2, 0.25) is 5.91 Å². The molecule has 0 bridgehead atoms. The molecule has 152 valence electrons. The Balaban J connectivity index is 1.78. The van der Waals surface area contributed by atoms with Gasteiger partial charge in [0.05, 0.1) is 6.54 Å². The molecule has 0 radical (unpaired) electrons. The molecule has 1 aliphatic heterocycles. The Morgan fingerprint density at radius 1 is 1.15 bits per heavy atom. The van der Waals surface area contributed by atoms with Crippen LogP contribution < -0.4 is 5.32 Å². The Morgan fingerprint density at radius 3 is 2.26 bits per heavy atom. The molecule has 2 rings (SSSR count). The third kappa shape index (κ3) is 5.31. The number of nitrogens with one attached hydrogen (secondary N) is 1. The highest BCUT2D eigenvalue weighted by molar-refractivity contribution is 7.99. The lowest BCUT2D eigenvalue weighted by Gasteiger charge is -2.33. The van der Waals surface area contributed by atoms with Gasteiger partial charge < -0.3 is 5.32 Å². The van der Waals surface area contributed by atoms with E-state index in [9.17, 15) is 31.1 Å². The zero-order chi connectivity index (χ0) is 20.3. The number of nitrogens with zero attached hydrogens (tertiary/aromatic N) is 1. The number of thioether (sulfide) groups is 1. The van der Waals surface area contributed by atoms with Crippen molar-refractivity contribution in [1.82, 2.24) is 10.2 Å². The zero-order valence-corrected chi connectivity index (χ0v) is 15.4. The lowest BCUT2D eigenvalue weighted by molar-refractivity contribution is -0.335. The first kappa shape index (κ1) is 21.9. The summed E-state index contributed by atoms with van der Waals surface area (Å²) in [6.45, 7) is 0.0768. The SMILES string of the molecule is Cc1ccc(SCCNC(=O)CN2CCC(C(F)(F)F)(C(F)(F)F)C2)cc1. The average molecular weight is 414 g/mol. The molecule has 0 unspecified atom stereocenters. The van der Waals surface area contributed by atoms with Crippen LogP contribution in [0.3, 0.4) is 0 Å². The summed E-state index contributed by atoms with van der Waals surface area (Å²) in [5, 5.41) is 2.53. The normalized spacial score (nSPS) is 17.9. The van der Waals surface area contributed by atoms with Crippen LogP contribution >= 0.6 is 11.8 Å². The van der Waals surface area contributed by atoms with Crippen molar-refractivity contribution < 1.29 is 31.1 Å². The molecule has 3 nitrogen and oxygen atoms in total. The molecule has 1 amide bonds. The number of carbonyl (C=O) groups is 1. The van der Waals surface area contributed by atoms with Gasteiger partial charge in [-0.3, -0.25) is 9.69 Å². The third-order valence-electron chi connectivity index (χ3n) is 4.51. The van der Waals surface area contributed by atoms with E-state index in [1.807, 2.05) is 31.2 Å². The van der Waals surface area contributed by atoms with E-state index in [2.05, 4.69) is 5.32 Å². The van der Waals surface area contributed by atoms with E-state index in [0.29, 0.717) is 5.75 Å². The number of hydrogen-bond acceptors (Lipinski definition) is 3. The predicted octanol–water partition coefficient (Wildman–Crippen LogP) is 4.02. The van der Waals surface area contributed by atoms with Gasteiger partial charge in [0.1, 0.15) is 0 Å². The zero-order valence-electron chi connectivity index (χ0n) is 14.6. The molecule has 1 heterocycles. The lowest BCUT2D eigenvalue weighted by atomic mass is 9.85. The van der Waals surface area contributed by atoms with Crippen LogP contribution in [0.1, 0.15) is 12.0 Å². The first-order chi connectivity index (χ1) is 12.4. The van der Waals surface area contributed by atoms with E-state index in [1.54, 1.807) is 0 Å². The fourth-order valence-electron chi connectivity index (χ4n) is 2.90. The summed E-state index contributed by atoms with van der Waals surface area (Å²) >= 11 is 1.49. The molecule has 0 aliphatic carbocycles. The van der Waals surface area contributed by atoms with Gasteiger partial charge in [-0.25, -0.2) is 0 Å². The number of benzene rings is 1. The number of likely N-dealkylation sites (tertiary alicyclic amines) is 1. The summed E-state index contributed by atoms with van der Waals surface area (Å²) in [5.74, 6) is -0.0382. The number of aryl methyl sites for hydroxylation is 1. The van der Waals surface area contributed by atoms with Gasteiger partial charge in [-0.1, -0.05) is 17.7 Å². The molecule has 1 aliphatic rings. The Kier molecular flexibility index (Phi) is 6.72. The standard InChI is InChI=1S/C17H20F6N2OS/c1-12-2-4-13(5-3-12)27-9-7-24-14(26)10-25-8-6-15(11-25,16(18,19)20)17(21,22)23/h2-5H,6-11H2,1H3,(H,24,26). The van der Waals surface area contributed by atoms with Gasteiger partial charge in [0, 0.05) is 23.7 Å². The van der Waals surface area contributed by atoms with Gasteiger partial charge in [-0.2, -0.15) is 26.3 Å². The highest BCUT2D eigenvalue weighted by Crippen LogP contribution is 2.55. The first-order valence-electron chi connectivity index (χ1n) is 8.27. The molecule has 1 aromatic rings. The van der Waals surface area contributed by atoms with Crippen molar-refractivity contribution >= 4 is 17.7 Å². The van der Waals surface area contributed by atoms with Crippen LogP contribution in [0.25, 0.3) is 0 Å². The number of amides is 1. The van der Waals surface area contributed by atoms with Crippen LogP contribution in [0.4, 0.5) is 26.3 Å². The van der Waals surface area contributed by atoms with Crippen molar-refractivity contribution in [3.8, 4) is 0 Å². The molecule has 1 saturated heterocycles. The Labute approximate surface area is 157 Å². The van der Waals surface area contributed by atoms with E-state index in [0.717, 1.165) is 15.4 Å². The summed E-state index contributed by atoms with van der Waals surface area (Å²) in [7, 11) is 0. The van der Waals surface area contributed by atoms with Crippen LogP contribution in [0.15, 0.2) is 29.2 Å². The highest BCUT2D eigenvalue weighted by atomic mass is 32.2. The minimum absolute atomic E-state index is 0.273. The summed E-state index contributed by atoms with van der Waals surface area (Å²) in [6.07, 6.45) is -11.9. The Morgan fingerprint density at radius 2 is 1.74 bits per heavy atom. The molecular weight excluding hydrogens is 394 g/mol. The molecule has 0 atom stereocenters. The van der Waals surface area contributed by atoms with Gasteiger partial charge >= 0.3 is 12.4 Å². The molecule has 1 fully saturated rings. The van der Waals surface area contributed by atoms with Gasteiger partial charge in [0.25, 0.3) is 0 Å². The molecule has 1 aromatic carbocycles. The van der Waals surface area contributed by atoms with Crippen LogP contribution in [-0.2, 0) is 4.79 Å². The first-order valence-corrected chi connectivity index (χ1v) is 9.25. The highest BCUT2D eigenvalue weighted by Gasteiger charge is 2.72. The van der Waals surface area contributed by atoms with Crippen molar-refractivity contribution in [2.24, 2.45) is 5.41 Å². The molecule has 0 spiro atoms. The summed E-state index contributed by atoms with van der Waals surface area (Å²) in [4.78, 5) is 13.8. The van der Waals surface area contributed by atoms with E-state index in [-0.39, 0.29) is 6.54 Å². The van der Waals surface area contributed by atoms with Crippen molar-refractivity contribution in [1.29, 1.82) is 0 Å². The second-order valence-corrected chi connectivity index (χ2v) is 7.72. The number of alkyl halides is 6. The topological polar surface area (TPSA) is 32.3 Å². The van der Waals surface area contributed by atoms with Gasteiger partial charge in [-0.15, -0.1) is 11.8 Å². The van der Waals surface area contributed by atoms with Crippen molar-refractivity contribution in [2.75, 3.05) is 31.9 Å². The number of carbonyl (C=O) groups excluding carboxylic acids is 1. The monoisotopic (exact) mass is 414 g/mol. The fourth-order valence-corrected chi connectivity index (χ4v) is 3.67. The van der Waals surface area contributed by atoms with Gasteiger partial charge in [-0.05, 0) is 32.0 Å². The molecule has 1 N–H and O–H groups in total. The lowest BCUT2D eigenvalue weighted by Crippen LogP contribution is -2.52. The molecule has 0 aromatic heterocycles. The minimum Gasteiger partial charge on any atom is -0.354 e. The van der Waals surface area contributed by atoms with E-state index < -0.39 is 49.7 Å². The molecule has 27 heavy (non-hydrogen) atoms. The van der Waals surface area contributed by atoms with Gasteiger partial charge in [0.15, 0.2) is 5.41 Å². The summed E-state index contributed by atoms with van der Waals surface area (Å²) in [6, 6.07) is 7.75. The fraction of sp³-hybridized carbons (Fsp3) is 0.588. The summed E-state index contributed by atoms with van der Waals surface area (Å²) < 4.78 is 78.0. The number of rotatable bonds is 6. The summed E-state index contributed by atoms with van der Waals surface area (Å²) in [5.41, 5.74) is -2.64. The van der Waals surface area contributed by atoms with Crippen molar-refractivity contribution in [3.63, 3.8) is 0 Å². The minimum atomic E-state index is -5.40. The third-order valence-corrected chi connectivity index (χ3v) is 5.53. The maximum atomic E-state index is 13.0. The molecular formula is C17H20F6N2OS.